The molecule has 0 radical (unpaired) electrons. The predicted molar refractivity (Wildman–Crippen MR) is 134 cm³/mol. The van der Waals surface area contributed by atoms with Gasteiger partial charge in [-0.1, -0.05) is 24.4 Å². The van der Waals surface area contributed by atoms with E-state index in [2.05, 4.69) is 17.5 Å². The number of nitrogens with one attached hydrogen (secondary N) is 1. The molecule has 0 saturated heterocycles. The summed E-state index contributed by atoms with van der Waals surface area (Å²) in [5.74, 6) is 0.808. The van der Waals surface area contributed by atoms with E-state index in [1.54, 1.807) is 0 Å². The molecular formula is C26H26N3O3S+. The maximum atomic E-state index is 13.2. The summed E-state index contributed by atoms with van der Waals surface area (Å²) in [6.45, 7) is 1.81. The highest BCUT2D eigenvalue weighted by atomic mass is 32.1. The van der Waals surface area contributed by atoms with E-state index in [0.29, 0.717) is 16.3 Å². The number of nitrogens with zero attached hydrogens (tertiary/aromatic N) is 2. The second-order valence-electron chi connectivity index (χ2n) is 8.95. The number of allylic oxidation sites excluding steroid dienone is 2. The molecule has 1 spiro atoms. The number of benzene rings is 2. The Kier molecular flexibility index (Phi) is 4.90. The first-order chi connectivity index (χ1) is 15.7. The first-order valence-corrected chi connectivity index (χ1v) is 11.2. The Morgan fingerprint density at radius 1 is 1.15 bits per heavy atom. The van der Waals surface area contributed by atoms with Crippen LogP contribution in [-0.2, 0) is 10.3 Å². The molecule has 0 bridgehead atoms. The molecule has 0 saturated carbocycles. The van der Waals surface area contributed by atoms with Gasteiger partial charge in [0.2, 0.25) is 5.71 Å². The number of ether oxygens (including phenoxy) is 2. The lowest BCUT2D eigenvalue weighted by Crippen LogP contribution is -2.43. The Morgan fingerprint density at radius 3 is 2.61 bits per heavy atom. The molecule has 2 aromatic rings. The van der Waals surface area contributed by atoms with Crippen molar-refractivity contribution in [3.63, 3.8) is 0 Å². The van der Waals surface area contributed by atoms with Crippen LogP contribution in [0.1, 0.15) is 28.4 Å². The van der Waals surface area contributed by atoms with Crippen molar-refractivity contribution in [3.05, 3.63) is 77.1 Å². The lowest BCUT2D eigenvalue weighted by Gasteiger charge is -2.42. The van der Waals surface area contributed by atoms with Gasteiger partial charge < -0.3 is 19.7 Å². The molecule has 7 heteroatoms. The monoisotopic (exact) mass is 460 g/mol. The molecule has 2 heterocycles. The fraction of sp³-hybridized carbons (Fsp3) is 0.269. The third-order valence-corrected chi connectivity index (χ3v) is 6.44. The molecule has 168 valence electrons. The zero-order valence-corrected chi connectivity index (χ0v) is 20.1. The Hall–Kier alpha value is -3.45. The number of thiocarbonyl (C=S) groups is 1. The molecule has 2 unspecified atom stereocenters. The summed E-state index contributed by atoms with van der Waals surface area (Å²) in [6, 6.07) is 11.8. The van der Waals surface area contributed by atoms with E-state index >= 15 is 0 Å². The van der Waals surface area contributed by atoms with E-state index in [0.717, 1.165) is 34.0 Å². The highest BCUT2D eigenvalue weighted by molar-refractivity contribution is 7.80. The molecule has 5 rings (SSSR count). The van der Waals surface area contributed by atoms with Gasteiger partial charge in [-0.2, -0.15) is 0 Å². The van der Waals surface area contributed by atoms with Crippen LogP contribution < -0.4 is 15.0 Å². The number of esters is 1. The minimum Gasteiger partial charge on any atom is -0.460 e. The molecular weight excluding hydrogens is 434 g/mol. The molecule has 6 nitrogen and oxygen atoms in total. The molecule has 1 N–H and O–H groups in total. The largest absolute Gasteiger partial charge is 0.460 e. The lowest BCUT2D eigenvalue weighted by molar-refractivity contribution is -0.462. The summed E-state index contributed by atoms with van der Waals surface area (Å²) in [6.07, 6.45) is 6.15. The number of hydrogen-bond acceptors (Lipinski definition) is 5. The summed E-state index contributed by atoms with van der Waals surface area (Å²) in [4.78, 5) is 15.9. The van der Waals surface area contributed by atoms with Gasteiger partial charge in [0, 0.05) is 54.8 Å². The van der Waals surface area contributed by atoms with Crippen LogP contribution in [-0.4, -0.2) is 49.4 Å². The summed E-state index contributed by atoms with van der Waals surface area (Å²) >= 11 is 5.18. The molecule has 0 amide bonds. The van der Waals surface area contributed by atoms with Crippen LogP contribution in [0.3, 0.4) is 0 Å². The minimum atomic E-state index is -1.00. The number of rotatable bonds is 2. The average Bonchev–Trinajstić information content (AvgIpc) is 3.05. The third-order valence-electron chi connectivity index (χ3n) is 6.33. The molecule has 0 fully saturated rings. The van der Waals surface area contributed by atoms with Gasteiger partial charge in [-0.3, -0.25) is 0 Å². The van der Waals surface area contributed by atoms with E-state index in [4.69, 9.17) is 21.7 Å². The number of carbonyl (C=O) groups is 1. The van der Waals surface area contributed by atoms with Gasteiger partial charge in [-0.25, -0.2) is 9.37 Å². The normalized spacial score (nSPS) is 22.0. The standard InChI is InChI=1S/C26H25N3O3S/c1-15(33)27-16-6-9-20-19(12-16)25(30)32-26(20)21-10-7-17(28(2)3)13-23(21)31-24-14-18(29(4)5)8-11-22(24)26/h6-14,21H,1-5H3/p+1. The van der Waals surface area contributed by atoms with E-state index in [1.165, 1.54) is 0 Å². The SMILES string of the molecule is CC(=S)Nc1ccc2c(c1)C(=O)OC21c2ccc(N(C)C)cc2OC2=CC(=[N+](C)C)C=CC21. The predicted octanol–water partition coefficient (Wildman–Crippen LogP) is 4.10. The second-order valence-corrected chi connectivity index (χ2v) is 9.56. The first-order valence-electron chi connectivity index (χ1n) is 10.8. The molecule has 2 atom stereocenters. The molecule has 0 aromatic heterocycles. The van der Waals surface area contributed by atoms with Crippen LogP contribution in [0.25, 0.3) is 0 Å². The van der Waals surface area contributed by atoms with Gasteiger partial charge in [0.1, 0.15) is 25.6 Å². The average molecular weight is 461 g/mol. The molecule has 1 aliphatic carbocycles. The van der Waals surface area contributed by atoms with Crippen LogP contribution in [0.4, 0.5) is 11.4 Å². The molecule has 2 aliphatic heterocycles. The van der Waals surface area contributed by atoms with Crippen LogP contribution >= 0.6 is 12.2 Å². The van der Waals surface area contributed by atoms with Crippen molar-refractivity contribution in [2.24, 2.45) is 5.92 Å². The fourth-order valence-corrected chi connectivity index (χ4v) is 4.88. The maximum Gasteiger partial charge on any atom is 0.339 e. The van der Waals surface area contributed by atoms with Crippen molar-refractivity contribution in [2.75, 3.05) is 38.4 Å². The summed E-state index contributed by atoms with van der Waals surface area (Å²) < 4.78 is 14.8. The summed E-state index contributed by atoms with van der Waals surface area (Å²) in [7, 11) is 7.96. The van der Waals surface area contributed by atoms with Crippen molar-refractivity contribution in [1.82, 2.24) is 0 Å². The minimum absolute atomic E-state index is 0.282. The van der Waals surface area contributed by atoms with Gasteiger partial charge in [0.25, 0.3) is 0 Å². The van der Waals surface area contributed by atoms with E-state index in [1.807, 2.05) is 87.1 Å². The quantitative estimate of drug-likeness (QED) is 0.414. The smallest absolute Gasteiger partial charge is 0.339 e. The fourth-order valence-electron chi connectivity index (χ4n) is 4.76. The molecule has 3 aliphatic rings. The summed E-state index contributed by atoms with van der Waals surface area (Å²) in [5, 5.41) is 3.12. The summed E-state index contributed by atoms with van der Waals surface area (Å²) in [5.41, 5.74) is 3.99. The Bertz CT molecular complexity index is 1300. The van der Waals surface area contributed by atoms with Crippen molar-refractivity contribution < 1.29 is 18.8 Å². The van der Waals surface area contributed by atoms with Gasteiger partial charge in [-0.05, 0) is 31.2 Å². The van der Waals surface area contributed by atoms with Crippen molar-refractivity contribution in [3.8, 4) is 5.75 Å². The highest BCUT2D eigenvalue weighted by Crippen LogP contribution is 2.57. The van der Waals surface area contributed by atoms with E-state index in [-0.39, 0.29) is 11.9 Å². The van der Waals surface area contributed by atoms with Gasteiger partial charge in [0.05, 0.1) is 16.5 Å². The van der Waals surface area contributed by atoms with Crippen molar-refractivity contribution in [1.29, 1.82) is 0 Å². The van der Waals surface area contributed by atoms with Gasteiger partial charge in [0.15, 0.2) is 5.60 Å². The van der Waals surface area contributed by atoms with Crippen LogP contribution in [0.2, 0.25) is 0 Å². The Balaban J connectivity index is 1.76. The highest BCUT2D eigenvalue weighted by Gasteiger charge is 2.57. The Morgan fingerprint density at radius 2 is 1.91 bits per heavy atom. The van der Waals surface area contributed by atoms with Crippen LogP contribution in [0.15, 0.2) is 60.4 Å². The zero-order chi connectivity index (χ0) is 23.5. The van der Waals surface area contributed by atoms with E-state index < -0.39 is 5.60 Å². The van der Waals surface area contributed by atoms with Crippen LogP contribution in [0, 0.1) is 5.92 Å². The first kappa shape index (κ1) is 21.4. The Labute approximate surface area is 198 Å². The van der Waals surface area contributed by atoms with Crippen LogP contribution in [0.5, 0.6) is 5.75 Å². The number of hydrogen-bond donors (Lipinski definition) is 1. The lowest BCUT2D eigenvalue weighted by atomic mass is 9.71. The second kappa shape index (κ2) is 7.56. The molecule has 2 aromatic carbocycles. The zero-order valence-electron chi connectivity index (χ0n) is 19.3. The number of anilines is 2. The molecule has 33 heavy (non-hydrogen) atoms. The number of carbonyl (C=O) groups excluding carboxylic acids is 1. The van der Waals surface area contributed by atoms with Crippen molar-refractivity contribution >= 4 is 40.3 Å². The third kappa shape index (κ3) is 3.26. The topological polar surface area (TPSA) is 53.8 Å². The van der Waals surface area contributed by atoms with Gasteiger partial charge >= 0.3 is 5.97 Å². The maximum absolute atomic E-state index is 13.2. The number of fused-ring (bicyclic) bond motifs is 6. The van der Waals surface area contributed by atoms with Crippen molar-refractivity contribution in [2.45, 2.75) is 12.5 Å². The van der Waals surface area contributed by atoms with Gasteiger partial charge in [-0.15, -0.1) is 0 Å². The van der Waals surface area contributed by atoms with E-state index in [9.17, 15) is 4.79 Å².